The Morgan fingerprint density at radius 1 is 1.30 bits per heavy atom. The molecule has 1 atom stereocenters. The van der Waals surface area contributed by atoms with E-state index >= 15 is 0 Å². The highest BCUT2D eigenvalue weighted by molar-refractivity contribution is 5.84. The number of benzene rings is 1. The minimum absolute atomic E-state index is 0.0732. The highest BCUT2D eigenvalue weighted by Gasteiger charge is 2.23. The van der Waals surface area contributed by atoms with Crippen LogP contribution in [0.5, 0.6) is 11.5 Å². The van der Waals surface area contributed by atoms with Crippen molar-refractivity contribution in [1.29, 1.82) is 0 Å². The van der Waals surface area contributed by atoms with Gasteiger partial charge in [0, 0.05) is 6.54 Å². The van der Waals surface area contributed by atoms with E-state index in [1.807, 2.05) is 36.1 Å². The van der Waals surface area contributed by atoms with Gasteiger partial charge in [0.1, 0.15) is 12.4 Å². The number of ether oxygens (including phenoxy) is 2. The fourth-order valence-electron chi connectivity index (χ4n) is 2.38. The molecule has 1 aliphatic heterocycles. The van der Waals surface area contributed by atoms with Crippen molar-refractivity contribution in [2.75, 3.05) is 24.6 Å². The Morgan fingerprint density at radius 3 is 2.74 bits per heavy atom. The molecule has 0 spiro atoms. The SMILES string of the molecule is CCN(CC1COc2ccccc2O1)c1cnc(C(=O)O)cn1. The molecule has 120 valence electrons. The monoisotopic (exact) mass is 315 g/mol. The number of aromatic nitrogens is 2. The van der Waals surface area contributed by atoms with Crippen LogP contribution < -0.4 is 14.4 Å². The molecule has 0 saturated carbocycles. The number of nitrogens with zero attached hydrogens (tertiary/aromatic N) is 3. The molecule has 1 unspecified atom stereocenters. The third-order valence-electron chi connectivity index (χ3n) is 3.55. The van der Waals surface area contributed by atoms with Gasteiger partial charge in [0.25, 0.3) is 0 Å². The van der Waals surface area contributed by atoms with Gasteiger partial charge in [0.2, 0.25) is 0 Å². The fraction of sp³-hybridized carbons (Fsp3) is 0.312. The summed E-state index contributed by atoms with van der Waals surface area (Å²) >= 11 is 0. The van der Waals surface area contributed by atoms with Crippen molar-refractivity contribution < 1.29 is 19.4 Å². The summed E-state index contributed by atoms with van der Waals surface area (Å²) in [5, 5.41) is 8.87. The number of fused-ring (bicyclic) bond motifs is 1. The van der Waals surface area contributed by atoms with Crippen LogP contribution >= 0.6 is 0 Å². The van der Waals surface area contributed by atoms with E-state index in [0.29, 0.717) is 25.5 Å². The molecule has 23 heavy (non-hydrogen) atoms. The molecule has 0 fully saturated rings. The lowest BCUT2D eigenvalue weighted by molar-refractivity contribution is 0.0690. The molecule has 0 radical (unpaired) electrons. The molecular weight excluding hydrogens is 298 g/mol. The molecule has 0 bridgehead atoms. The van der Waals surface area contributed by atoms with E-state index in [4.69, 9.17) is 14.6 Å². The van der Waals surface area contributed by atoms with Gasteiger partial charge in [-0.3, -0.25) is 0 Å². The number of anilines is 1. The Morgan fingerprint density at radius 2 is 2.09 bits per heavy atom. The summed E-state index contributed by atoms with van der Waals surface area (Å²) < 4.78 is 11.6. The average Bonchev–Trinajstić information content (AvgIpc) is 2.59. The summed E-state index contributed by atoms with van der Waals surface area (Å²) in [7, 11) is 0. The molecule has 7 heteroatoms. The standard InChI is InChI=1S/C16H17N3O4/c1-2-19(15-8-17-12(7-18-15)16(20)21)9-11-10-22-13-5-3-4-6-14(13)23-11/h3-8,11H,2,9-10H2,1H3,(H,20,21). The van der Waals surface area contributed by atoms with Crippen molar-refractivity contribution in [3.05, 3.63) is 42.4 Å². The van der Waals surface area contributed by atoms with Gasteiger partial charge in [-0.15, -0.1) is 0 Å². The van der Waals surface area contributed by atoms with E-state index in [0.717, 1.165) is 11.5 Å². The minimum atomic E-state index is -1.09. The number of carboxylic acids is 1. The number of rotatable bonds is 5. The van der Waals surface area contributed by atoms with Crippen molar-refractivity contribution in [2.45, 2.75) is 13.0 Å². The summed E-state index contributed by atoms with van der Waals surface area (Å²) in [5.41, 5.74) is -0.0732. The van der Waals surface area contributed by atoms with Crippen molar-refractivity contribution in [3.8, 4) is 11.5 Å². The normalized spacial score (nSPS) is 16.0. The first kappa shape index (κ1) is 15.1. The Kier molecular flexibility index (Phi) is 4.27. The first-order valence-corrected chi connectivity index (χ1v) is 7.36. The smallest absolute Gasteiger partial charge is 0.356 e. The predicted molar refractivity (Wildman–Crippen MR) is 83.2 cm³/mol. The highest BCUT2D eigenvalue weighted by Crippen LogP contribution is 2.31. The number of carbonyl (C=O) groups is 1. The number of hydrogen-bond donors (Lipinski definition) is 1. The number of para-hydroxylation sites is 2. The summed E-state index contributed by atoms with van der Waals surface area (Å²) in [4.78, 5) is 20.9. The van der Waals surface area contributed by atoms with Crippen molar-refractivity contribution in [1.82, 2.24) is 9.97 Å². The zero-order valence-corrected chi connectivity index (χ0v) is 12.7. The predicted octanol–water partition coefficient (Wildman–Crippen LogP) is 1.84. The van der Waals surface area contributed by atoms with E-state index < -0.39 is 5.97 Å². The van der Waals surface area contributed by atoms with Gasteiger partial charge in [0.05, 0.1) is 18.9 Å². The molecule has 1 aliphatic rings. The van der Waals surface area contributed by atoms with Crippen LogP contribution in [0.25, 0.3) is 0 Å². The van der Waals surface area contributed by atoms with Crippen LogP contribution in [-0.4, -0.2) is 46.8 Å². The average molecular weight is 315 g/mol. The van der Waals surface area contributed by atoms with Crippen molar-refractivity contribution in [3.63, 3.8) is 0 Å². The molecule has 1 N–H and O–H groups in total. The van der Waals surface area contributed by atoms with Crippen molar-refractivity contribution in [2.24, 2.45) is 0 Å². The molecule has 3 rings (SSSR count). The van der Waals surface area contributed by atoms with Crippen LogP contribution in [0, 0.1) is 0 Å². The van der Waals surface area contributed by atoms with Gasteiger partial charge in [-0.05, 0) is 19.1 Å². The maximum atomic E-state index is 10.8. The van der Waals surface area contributed by atoms with Gasteiger partial charge in [0.15, 0.2) is 23.3 Å². The van der Waals surface area contributed by atoms with Crippen LogP contribution in [-0.2, 0) is 0 Å². The second kappa shape index (κ2) is 6.51. The summed E-state index contributed by atoms with van der Waals surface area (Å²) in [5.74, 6) is 0.997. The zero-order chi connectivity index (χ0) is 16.2. The van der Waals surface area contributed by atoms with Gasteiger partial charge in [-0.1, -0.05) is 12.1 Å². The van der Waals surface area contributed by atoms with E-state index in [-0.39, 0.29) is 11.8 Å². The number of likely N-dealkylation sites (N-methyl/N-ethyl adjacent to an activating group) is 1. The van der Waals surface area contributed by atoms with Crippen LogP contribution in [0.2, 0.25) is 0 Å². The molecule has 0 amide bonds. The second-order valence-electron chi connectivity index (χ2n) is 5.10. The largest absolute Gasteiger partial charge is 0.486 e. The quantitative estimate of drug-likeness (QED) is 0.901. The van der Waals surface area contributed by atoms with Crippen LogP contribution in [0.15, 0.2) is 36.7 Å². The van der Waals surface area contributed by atoms with E-state index in [1.165, 1.54) is 12.4 Å². The lowest BCUT2D eigenvalue weighted by Gasteiger charge is -2.31. The van der Waals surface area contributed by atoms with Gasteiger partial charge in [-0.25, -0.2) is 14.8 Å². The molecule has 0 saturated heterocycles. The summed E-state index contributed by atoms with van der Waals surface area (Å²) in [6.07, 6.45) is 2.59. The van der Waals surface area contributed by atoms with E-state index in [9.17, 15) is 4.79 Å². The topological polar surface area (TPSA) is 84.8 Å². The Balaban J connectivity index is 1.69. The third kappa shape index (κ3) is 3.33. The first-order valence-electron chi connectivity index (χ1n) is 7.36. The fourth-order valence-corrected chi connectivity index (χ4v) is 2.38. The molecule has 0 aliphatic carbocycles. The van der Waals surface area contributed by atoms with Crippen LogP contribution in [0.3, 0.4) is 0 Å². The van der Waals surface area contributed by atoms with Crippen LogP contribution in [0.4, 0.5) is 5.82 Å². The zero-order valence-electron chi connectivity index (χ0n) is 12.7. The molecular formula is C16H17N3O4. The Bertz CT molecular complexity index is 690. The van der Waals surface area contributed by atoms with E-state index in [2.05, 4.69) is 9.97 Å². The Hall–Kier alpha value is -2.83. The molecule has 1 aromatic carbocycles. The van der Waals surface area contributed by atoms with Crippen molar-refractivity contribution >= 4 is 11.8 Å². The number of hydrogen-bond acceptors (Lipinski definition) is 6. The van der Waals surface area contributed by atoms with Gasteiger partial charge < -0.3 is 19.5 Å². The molecule has 1 aromatic heterocycles. The molecule has 2 heterocycles. The third-order valence-corrected chi connectivity index (χ3v) is 3.55. The highest BCUT2D eigenvalue weighted by atomic mass is 16.6. The van der Waals surface area contributed by atoms with E-state index in [1.54, 1.807) is 0 Å². The maximum Gasteiger partial charge on any atom is 0.356 e. The van der Waals surface area contributed by atoms with Gasteiger partial charge in [-0.2, -0.15) is 0 Å². The summed E-state index contributed by atoms with van der Waals surface area (Å²) in [6, 6.07) is 7.55. The summed E-state index contributed by atoms with van der Waals surface area (Å²) in [6.45, 7) is 3.72. The molecule has 2 aromatic rings. The minimum Gasteiger partial charge on any atom is -0.486 e. The maximum absolute atomic E-state index is 10.8. The first-order chi connectivity index (χ1) is 11.2. The lowest BCUT2D eigenvalue weighted by atomic mass is 10.2. The second-order valence-corrected chi connectivity index (χ2v) is 5.10. The number of aromatic carboxylic acids is 1. The number of carboxylic acid groups (broad SMARTS) is 1. The molecule has 7 nitrogen and oxygen atoms in total. The van der Waals surface area contributed by atoms with Crippen LogP contribution in [0.1, 0.15) is 17.4 Å². The Labute approximate surface area is 133 Å². The lowest BCUT2D eigenvalue weighted by Crippen LogP contribution is -2.41. The van der Waals surface area contributed by atoms with Gasteiger partial charge >= 0.3 is 5.97 Å².